The van der Waals surface area contributed by atoms with Crippen LogP contribution in [0.15, 0.2) is 47.4 Å². The van der Waals surface area contributed by atoms with Gasteiger partial charge in [0.2, 0.25) is 15.9 Å². The number of rotatable bonds is 10. The Morgan fingerprint density at radius 2 is 1.72 bits per heavy atom. The van der Waals surface area contributed by atoms with Gasteiger partial charge in [-0.3, -0.25) is 4.79 Å². The van der Waals surface area contributed by atoms with Crippen LogP contribution in [0.1, 0.15) is 39.7 Å². The van der Waals surface area contributed by atoms with E-state index in [1.54, 1.807) is 18.2 Å². The molecule has 6 nitrogen and oxygen atoms in total. The average molecular weight is 480 g/mol. The van der Waals surface area contributed by atoms with Gasteiger partial charge in [0.05, 0.1) is 4.90 Å². The number of hydrogen-bond donors (Lipinski definition) is 1. The van der Waals surface area contributed by atoms with Gasteiger partial charge < -0.3 is 10.2 Å². The second kappa shape index (κ2) is 11.2. The molecule has 0 fully saturated rings. The summed E-state index contributed by atoms with van der Waals surface area (Å²) in [4.78, 5) is 14.4. The van der Waals surface area contributed by atoms with Crippen LogP contribution in [-0.2, 0) is 21.4 Å². The van der Waals surface area contributed by atoms with Gasteiger partial charge in [-0.05, 0) is 53.8 Å². The molecule has 1 amide bonds. The van der Waals surface area contributed by atoms with Crippen molar-refractivity contribution in [2.24, 2.45) is 11.8 Å². The lowest BCUT2D eigenvalue weighted by atomic mass is 10.1. The van der Waals surface area contributed by atoms with E-state index in [2.05, 4.69) is 5.32 Å². The van der Waals surface area contributed by atoms with Crippen molar-refractivity contribution in [3.05, 3.63) is 53.1 Å². The van der Waals surface area contributed by atoms with Crippen LogP contribution in [-0.4, -0.2) is 39.3 Å². The van der Waals surface area contributed by atoms with E-state index in [0.29, 0.717) is 23.7 Å². The third kappa shape index (κ3) is 7.22. The molecule has 0 unspecified atom stereocenters. The van der Waals surface area contributed by atoms with Crippen molar-refractivity contribution in [3.8, 4) is 0 Å². The van der Waals surface area contributed by atoms with Gasteiger partial charge >= 0.3 is 0 Å². The van der Waals surface area contributed by atoms with E-state index in [1.165, 1.54) is 10.4 Å². The average Bonchev–Trinajstić information content (AvgIpc) is 2.66. The van der Waals surface area contributed by atoms with Crippen LogP contribution in [0.3, 0.4) is 0 Å². The highest BCUT2D eigenvalue weighted by molar-refractivity contribution is 7.89. The first-order chi connectivity index (χ1) is 14.9. The predicted octanol–water partition coefficient (Wildman–Crippen LogP) is 5.24. The third-order valence-corrected chi connectivity index (χ3v) is 6.83. The van der Waals surface area contributed by atoms with E-state index < -0.39 is 10.0 Å². The van der Waals surface area contributed by atoms with E-state index in [1.807, 2.05) is 64.9 Å². The van der Waals surface area contributed by atoms with Crippen molar-refractivity contribution in [1.29, 1.82) is 0 Å². The quantitative estimate of drug-likeness (QED) is 0.506. The fraction of sp³-hybridized carbons (Fsp3) is 0.458. The predicted molar refractivity (Wildman–Crippen MR) is 133 cm³/mol. The first-order valence-corrected chi connectivity index (χ1v) is 12.6. The number of benzene rings is 2. The minimum Gasteiger partial charge on any atom is -0.377 e. The molecule has 0 saturated carbocycles. The van der Waals surface area contributed by atoms with E-state index >= 15 is 0 Å². The Labute approximate surface area is 197 Å². The molecule has 2 aromatic rings. The summed E-state index contributed by atoms with van der Waals surface area (Å²) in [5.74, 6) is 0.315. The molecule has 0 heterocycles. The molecular weight excluding hydrogens is 446 g/mol. The molecule has 2 rings (SSSR count). The lowest BCUT2D eigenvalue weighted by Crippen LogP contribution is -2.34. The summed E-state index contributed by atoms with van der Waals surface area (Å²) >= 11 is 6.06. The van der Waals surface area contributed by atoms with Gasteiger partial charge in [-0.15, -0.1) is 0 Å². The number of carbonyl (C=O) groups is 1. The highest BCUT2D eigenvalue weighted by atomic mass is 35.5. The number of sulfonamides is 1. The first-order valence-electron chi connectivity index (χ1n) is 10.8. The van der Waals surface area contributed by atoms with Crippen molar-refractivity contribution in [2.45, 2.75) is 45.6 Å². The van der Waals surface area contributed by atoms with Crippen LogP contribution < -0.4 is 10.2 Å². The zero-order chi connectivity index (χ0) is 24.1. The van der Waals surface area contributed by atoms with Crippen LogP contribution in [0.2, 0.25) is 5.02 Å². The summed E-state index contributed by atoms with van der Waals surface area (Å²) < 4.78 is 28.4. The minimum atomic E-state index is -3.77. The van der Waals surface area contributed by atoms with Crippen LogP contribution >= 0.6 is 11.6 Å². The zero-order valence-corrected chi connectivity index (χ0v) is 21.3. The molecule has 0 atom stereocenters. The van der Waals surface area contributed by atoms with Gasteiger partial charge in [-0.25, -0.2) is 8.42 Å². The van der Waals surface area contributed by atoms with Crippen LogP contribution in [0.5, 0.6) is 0 Å². The Kier molecular flexibility index (Phi) is 9.13. The number of amides is 1. The summed E-state index contributed by atoms with van der Waals surface area (Å²) in [6.45, 7) is 8.47. The zero-order valence-electron chi connectivity index (χ0n) is 19.7. The fourth-order valence-corrected chi connectivity index (χ4v) is 5.31. The van der Waals surface area contributed by atoms with Gasteiger partial charge in [-0.2, -0.15) is 4.31 Å². The van der Waals surface area contributed by atoms with Gasteiger partial charge in [0.25, 0.3) is 0 Å². The smallest absolute Gasteiger partial charge is 0.243 e. The molecule has 32 heavy (non-hydrogen) atoms. The Morgan fingerprint density at radius 3 is 2.28 bits per heavy atom. The number of halogens is 1. The van der Waals surface area contributed by atoms with Crippen molar-refractivity contribution in [1.82, 2.24) is 4.31 Å². The van der Waals surface area contributed by atoms with E-state index in [0.717, 1.165) is 11.3 Å². The SMILES string of the molecule is CC(C)CC(=O)Nc1ccc(N(C)C)c(CN(CC(C)C)S(=O)(=O)c2cccc(Cl)c2)c1. The maximum absolute atomic E-state index is 13.5. The maximum Gasteiger partial charge on any atom is 0.243 e. The van der Waals surface area contributed by atoms with Crippen molar-refractivity contribution in [3.63, 3.8) is 0 Å². The summed E-state index contributed by atoms with van der Waals surface area (Å²) in [5, 5.41) is 3.30. The summed E-state index contributed by atoms with van der Waals surface area (Å²) in [7, 11) is 0.0536. The van der Waals surface area contributed by atoms with Crippen LogP contribution in [0, 0.1) is 11.8 Å². The number of anilines is 2. The molecule has 0 spiro atoms. The Hall–Kier alpha value is -2.09. The lowest BCUT2D eigenvalue weighted by Gasteiger charge is -2.27. The van der Waals surface area contributed by atoms with Gasteiger partial charge in [0.15, 0.2) is 0 Å². The van der Waals surface area contributed by atoms with Gasteiger partial charge in [0.1, 0.15) is 0 Å². The largest absolute Gasteiger partial charge is 0.377 e. The standard InChI is InChI=1S/C24H34ClN3O3S/c1-17(2)12-24(29)26-21-10-11-23(27(5)6)19(13-21)16-28(15-18(3)4)32(30,31)22-9-7-8-20(25)14-22/h7-11,13-14,17-18H,12,15-16H2,1-6H3,(H,26,29). The molecule has 1 N–H and O–H groups in total. The van der Waals surface area contributed by atoms with Gasteiger partial charge in [-0.1, -0.05) is 45.4 Å². The van der Waals surface area contributed by atoms with Crippen LogP contribution in [0.4, 0.5) is 11.4 Å². The molecule has 0 aliphatic rings. The van der Waals surface area contributed by atoms with Crippen molar-refractivity contribution < 1.29 is 13.2 Å². The highest BCUT2D eigenvalue weighted by Gasteiger charge is 2.27. The minimum absolute atomic E-state index is 0.0610. The normalized spacial score (nSPS) is 11.9. The molecule has 0 aromatic heterocycles. The Bertz CT molecular complexity index is 1040. The fourth-order valence-electron chi connectivity index (χ4n) is 3.43. The number of carbonyl (C=O) groups excluding carboxylic acids is 1. The Morgan fingerprint density at radius 1 is 1.03 bits per heavy atom. The molecule has 0 aliphatic carbocycles. The van der Waals surface area contributed by atoms with Gasteiger partial charge in [0, 0.05) is 50.0 Å². The second-order valence-electron chi connectivity index (χ2n) is 9.03. The van der Waals surface area contributed by atoms with Crippen molar-refractivity contribution in [2.75, 3.05) is 30.9 Å². The number of hydrogen-bond acceptors (Lipinski definition) is 4. The first kappa shape index (κ1) is 26.2. The second-order valence-corrected chi connectivity index (χ2v) is 11.4. The monoisotopic (exact) mass is 479 g/mol. The Balaban J connectivity index is 2.45. The van der Waals surface area contributed by atoms with Crippen molar-refractivity contribution >= 4 is 38.9 Å². The third-order valence-electron chi connectivity index (χ3n) is 4.79. The topological polar surface area (TPSA) is 69.7 Å². The summed E-state index contributed by atoms with van der Waals surface area (Å²) in [5.41, 5.74) is 2.35. The highest BCUT2D eigenvalue weighted by Crippen LogP contribution is 2.28. The molecule has 176 valence electrons. The van der Waals surface area contributed by atoms with E-state index in [-0.39, 0.29) is 29.2 Å². The summed E-state index contributed by atoms with van der Waals surface area (Å²) in [6, 6.07) is 11.9. The number of nitrogens with one attached hydrogen (secondary N) is 1. The molecule has 0 aliphatic heterocycles. The number of nitrogens with zero attached hydrogens (tertiary/aromatic N) is 2. The molecular formula is C24H34ClN3O3S. The molecule has 0 saturated heterocycles. The molecule has 2 aromatic carbocycles. The maximum atomic E-state index is 13.5. The summed E-state index contributed by atoms with van der Waals surface area (Å²) in [6.07, 6.45) is 0.424. The van der Waals surface area contributed by atoms with Crippen LogP contribution in [0.25, 0.3) is 0 Å². The van der Waals surface area contributed by atoms with E-state index in [9.17, 15) is 13.2 Å². The molecule has 8 heteroatoms. The molecule has 0 radical (unpaired) electrons. The lowest BCUT2D eigenvalue weighted by molar-refractivity contribution is -0.116. The van der Waals surface area contributed by atoms with E-state index in [4.69, 9.17) is 11.6 Å². The molecule has 0 bridgehead atoms.